The van der Waals surface area contributed by atoms with Crippen molar-refractivity contribution in [3.63, 3.8) is 0 Å². The standard InChI is InChI=1S/C26H25N3O5S/c30-24-26(21-9-3-1-4-10-21,22-11-5-2-6-12-22)27-25(31)29(24)19-20-8-7-13-23(18-20)35(32,33)28-14-16-34-17-15-28/h1-13,18H,14-17,19H2,(H,27,31). The van der Waals surface area contributed by atoms with Crippen LogP contribution in [0.2, 0.25) is 0 Å². The first-order chi connectivity index (χ1) is 16.9. The molecular formula is C26H25N3O5S. The number of imide groups is 1. The summed E-state index contributed by atoms with van der Waals surface area (Å²) in [6.07, 6.45) is 0. The number of urea groups is 1. The minimum absolute atomic E-state index is 0.0570. The Morgan fingerprint density at radius 1 is 0.829 bits per heavy atom. The van der Waals surface area contributed by atoms with Crippen molar-refractivity contribution in [3.8, 4) is 0 Å². The van der Waals surface area contributed by atoms with E-state index in [2.05, 4.69) is 5.32 Å². The molecular weight excluding hydrogens is 466 g/mol. The van der Waals surface area contributed by atoms with Gasteiger partial charge in [-0.1, -0.05) is 72.8 Å². The lowest BCUT2D eigenvalue weighted by molar-refractivity contribution is -0.130. The van der Waals surface area contributed by atoms with Crippen LogP contribution in [0, 0.1) is 0 Å². The summed E-state index contributed by atoms with van der Waals surface area (Å²) in [5, 5.41) is 2.91. The van der Waals surface area contributed by atoms with Crippen molar-refractivity contribution in [3.05, 3.63) is 102 Å². The van der Waals surface area contributed by atoms with E-state index in [1.807, 2.05) is 60.7 Å². The number of carbonyl (C=O) groups is 2. The molecule has 0 radical (unpaired) electrons. The Kier molecular flexibility index (Phi) is 6.14. The molecule has 2 fully saturated rings. The molecule has 0 bridgehead atoms. The fourth-order valence-electron chi connectivity index (χ4n) is 4.58. The van der Waals surface area contributed by atoms with Gasteiger partial charge in [0.25, 0.3) is 5.91 Å². The molecule has 0 unspecified atom stereocenters. The summed E-state index contributed by atoms with van der Waals surface area (Å²) in [4.78, 5) is 28.3. The number of ether oxygens (including phenoxy) is 1. The summed E-state index contributed by atoms with van der Waals surface area (Å²) in [6.45, 7) is 1.22. The number of hydrogen-bond donors (Lipinski definition) is 1. The average Bonchev–Trinajstić information content (AvgIpc) is 3.16. The Labute approximate surface area is 204 Å². The fraction of sp³-hybridized carbons (Fsp3) is 0.231. The number of amides is 3. The highest BCUT2D eigenvalue weighted by molar-refractivity contribution is 7.89. The maximum absolute atomic E-state index is 13.9. The van der Waals surface area contributed by atoms with Gasteiger partial charge in [-0.05, 0) is 28.8 Å². The van der Waals surface area contributed by atoms with Gasteiger partial charge in [-0.3, -0.25) is 9.69 Å². The quantitative estimate of drug-likeness (QED) is 0.535. The molecule has 3 aromatic rings. The van der Waals surface area contributed by atoms with Crippen molar-refractivity contribution in [2.24, 2.45) is 0 Å². The molecule has 0 aromatic heterocycles. The van der Waals surface area contributed by atoms with Crippen molar-refractivity contribution >= 4 is 22.0 Å². The molecule has 2 aliphatic heterocycles. The molecule has 0 saturated carbocycles. The lowest BCUT2D eigenvalue weighted by Crippen LogP contribution is -2.45. The van der Waals surface area contributed by atoms with Crippen LogP contribution >= 0.6 is 0 Å². The molecule has 180 valence electrons. The van der Waals surface area contributed by atoms with Gasteiger partial charge in [-0.15, -0.1) is 0 Å². The van der Waals surface area contributed by atoms with Crippen molar-refractivity contribution < 1.29 is 22.7 Å². The highest BCUT2D eigenvalue weighted by Gasteiger charge is 2.53. The molecule has 5 rings (SSSR count). The summed E-state index contributed by atoms with van der Waals surface area (Å²) in [5.41, 5.74) is 0.475. The molecule has 1 N–H and O–H groups in total. The molecule has 2 heterocycles. The van der Waals surface area contributed by atoms with E-state index < -0.39 is 27.5 Å². The number of morpholine rings is 1. The summed E-state index contributed by atoms with van der Waals surface area (Å²) in [5.74, 6) is -0.415. The smallest absolute Gasteiger partial charge is 0.325 e. The highest BCUT2D eigenvalue weighted by atomic mass is 32.2. The number of nitrogens with one attached hydrogen (secondary N) is 1. The molecule has 3 amide bonds. The number of rotatable bonds is 6. The van der Waals surface area contributed by atoms with Crippen LogP contribution in [0.4, 0.5) is 4.79 Å². The largest absolute Gasteiger partial charge is 0.379 e. The summed E-state index contributed by atoms with van der Waals surface area (Å²) in [6, 6.07) is 24.1. The number of hydrogen-bond acceptors (Lipinski definition) is 5. The second-order valence-corrected chi connectivity index (χ2v) is 10.4. The topological polar surface area (TPSA) is 96.0 Å². The third-order valence-electron chi connectivity index (χ3n) is 6.37. The van der Waals surface area contributed by atoms with Crippen LogP contribution in [0.1, 0.15) is 16.7 Å². The molecule has 3 aromatic carbocycles. The number of benzene rings is 3. The Morgan fingerprint density at radius 3 is 2.03 bits per heavy atom. The van der Waals surface area contributed by atoms with Crippen molar-refractivity contribution in [1.82, 2.24) is 14.5 Å². The predicted octanol–water partition coefficient (Wildman–Crippen LogP) is 2.70. The van der Waals surface area contributed by atoms with Gasteiger partial charge in [0, 0.05) is 13.1 Å². The van der Waals surface area contributed by atoms with Crippen LogP contribution in [0.5, 0.6) is 0 Å². The van der Waals surface area contributed by atoms with Crippen LogP contribution in [0.15, 0.2) is 89.8 Å². The van der Waals surface area contributed by atoms with E-state index in [1.54, 1.807) is 12.1 Å². The van der Waals surface area contributed by atoms with E-state index in [0.717, 1.165) is 4.90 Å². The van der Waals surface area contributed by atoms with Crippen molar-refractivity contribution in [2.45, 2.75) is 17.0 Å². The first-order valence-electron chi connectivity index (χ1n) is 11.3. The lowest BCUT2D eigenvalue weighted by atomic mass is 9.82. The fourth-order valence-corrected chi connectivity index (χ4v) is 6.06. The predicted molar refractivity (Wildman–Crippen MR) is 129 cm³/mol. The minimum atomic E-state index is -3.70. The Bertz CT molecular complexity index is 1300. The summed E-state index contributed by atoms with van der Waals surface area (Å²) >= 11 is 0. The van der Waals surface area contributed by atoms with E-state index in [0.29, 0.717) is 29.9 Å². The van der Waals surface area contributed by atoms with E-state index >= 15 is 0 Å². The minimum Gasteiger partial charge on any atom is -0.379 e. The van der Waals surface area contributed by atoms with Crippen LogP contribution in [-0.2, 0) is 31.6 Å². The van der Waals surface area contributed by atoms with Gasteiger partial charge in [0.2, 0.25) is 10.0 Å². The van der Waals surface area contributed by atoms with Gasteiger partial charge in [0.05, 0.1) is 24.7 Å². The van der Waals surface area contributed by atoms with Crippen molar-refractivity contribution in [2.75, 3.05) is 26.3 Å². The monoisotopic (exact) mass is 491 g/mol. The second-order valence-electron chi connectivity index (χ2n) is 8.47. The van der Waals surface area contributed by atoms with E-state index in [-0.39, 0.29) is 24.5 Å². The van der Waals surface area contributed by atoms with Gasteiger partial charge < -0.3 is 10.1 Å². The lowest BCUT2D eigenvalue weighted by Gasteiger charge is -2.28. The van der Waals surface area contributed by atoms with Crippen LogP contribution in [0.25, 0.3) is 0 Å². The van der Waals surface area contributed by atoms with E-state index in [9.17, 15) is 18.0 Å². The normalized spacial score (nSPS) is 18.5. The number of carbonyl (C=O) groups excluding carboxylic acids is 2. The highest BCUT2D eigenvalue weighted by Crippen LogP contribution is 2.36. The second kappa shape index (κ2) is 9.26. The van der Waals surface area contributed by atoms with E-state index in [4.69, 9.17) is 4.74 Å². The molecule has 0 spiro atoms. The van der Waals surface area contributed by atoms with Crippen molar-refractivity contribution in [1.29, 1.82) is 0 Å². The van der Waals surface area contributed by atoms with Gasteiger partial charge in [0.1, 0.15) is 0 Å². The number of nitrogens with zero attached hydrogens (tertiary/aromatic N) is 2. The molecule has 2 saturated heterocycles. The molecule has 8 nitrogen and oxygen atoms in total. The Morgan fingerprint density at radius 2 is 1.43 bits per heavy atom. The molecule has 0 aliphatic carbocycles. The zero-order chi connectivity index (χ0) is 24.5. The first kappa shape index (κ1) is 23.2. The first-order valence-corrected chi connectivity index (χ1v) is 12.8. The van der Waals surface area contributed by atoms with Crippen LogP contribution in [0.3, 0.4) is 0 Å². The molecule has 0 atom stereocenters. The Balaban J connectivity index is 1.48. The third-order valence-corrected chi connectivity index (χ3v) is 8.26. The SMILES string of the molecule is O=C1NC(c2ccccc2)(c2ccccc2)C(=O)N1Cc1cccc(S(=O)(=O)N2CCOCC2)c1. The Hall–Kier alpha value is -3.53. The molecule has 9 heteroatoms. The third kappa shape index (κ3) is 4.12. The van der Waals surface area contributed by atoms with Gasteiger partial charge >= 0.3 is 6.03 Å². The average molecular weight is 492 g/mol. The zero-order valence-corrected chi connectivity index (χ0v) is 19.8. The van der Waals surface area contributed by atoms with Crippen LogP contribution < -0.4 is 5.32 Å². The summed E-state index contributed by atoms with van der Waals surface area (Å²) in [7, 11) is -3.70. The molecule has 2 aliphatic rings. The number of sulfonamides is 1. The van der Waals surface area contributed by atoms with E-state index in [1.165, 1.54) is 16.4 Å². The maximum Gasteiger partial charge on any atom is 0.325 e. The van der Waals surface area contributed by atoms with Gasteiger partial charge in [-0.2, -0.15) is 4.31 Å². The maximum atomic E-state index is 13.9. The van der Waals surface area contributed by atoms with Crippen LogP contribution in [-0.4, -0.2) is 55.9 Å². The molecule has 35 heavy (non-hydrogen) atoms. The zero-order valence-electron chi connectivity index (χ0n) is 19.0. The van der Waals surface area contributed by atoms with Gasteiger partial charge in [0.15, 0.2) is 5.54 Å². The van der Waals surface area contributed by atoms with Gasteiger partial charge in [-0.25, -0.2) is 13.2 Å². The summed E-state index contributed by atoms with van der Waals surface area (Å²) < 4.78 is 32.8.